The maximum Gasteiger partial charge on any atom is 0.328 e. The van der Waals surface area contributed by atoms with Crippen LogP contribution in [-0.4, -0.2) is 55.1 Å². The lowest BCUT2D eigenvalue weighted by Crippen LogP contribution is -2.61. The fourth-order valence-corrected chi connectivity index (χ4v) is 6.47. The van der Waals surface area contributed by atoms with E-state index in [1.165, 1.54) is 31.6 Å². The molecule has 3 N–H and O–H groups in total. The first kappa shape index (κ1) is 30.3. The molecule has 12 heteroatoms. The third-order valence-electron chi connectivity index (χ3n) is 8.82. The number of rotatable bonds is 9. The fraction of sp³-hybridized carbons (Fsp3) is 0.333. The first-order chi connectivity index (χ1) is 21.7. The summed E-state index contributed by atoms with van der Waals surface area (Å²) in [5.74, 6) is -0.477. The minimum Gasteiger partial charge on any atom is -0.481 e. The van der Waals surface area contributed by atoms with Crippen LogP contribution in [0.5, 0.6) is 5.88 Å². The van der Waals surface area contributed by atoms with Gasteiger partial charge in [-0.2, -0.15) is 4.98 Å². The van der Waals surface area contributed by atoms with Gasteiger partial charge >= 0.3 is 5.97 Å². The quantitative estimate of drug-likeness (QED) is 0.199. The van der Waals surface area contributed by atoms with Gasteiger partial charge in [0.25, 0.3) is 11.8 Å². The number of anilines is 1. The SMILES string of the molecule is COc1nc(NC(=O)C2(NC(=O)c3ccc4c(C5CCCC5)c(-c5ncc(Cl)cn5)n(C)c4c3)CCC2)ccc1/C=C/C(=O)O. The van der Waals surface area contributed by atoms with E-state index in [0.717, 1.165) is 41.9 Å². The van der Waals surface area contributed by atoms with Crippen molar-refractivity contribution in [2.75, 3.05) is 12.4 Å². The molecular weight excluding hydrogens is 596 g/mol. The standard InChI is InChI=1S/C33H33ClN6O5/c1-40-24-16-21(8-11-23(24)27(19-6-3-4-7-19)28(40)29-35-17-22(34)18-36-29)30(43)39-33(14-5-15-33)32(44)38-25-12-9-20(10-13-26(41)42)31(37-25)45-2/h8-13,16-19H,3-7,14-15H2,1-2H3,(H,39,43)(H,41,42)(H,37,38,44)/b13-10+. The molecule has 0 aliphatic heterocycles. The predicted octanol–water partition coefficient (Wildman–Crippen LogP) is 5.74. The summed E-state index contributed by atoms with van der Waals surface area (Å²) in [7, 11) is 3.37. The molecule has 0 atom stereocenters. The second-order valence-corrected chi connectivity index (χ2v) is 12.0. The molecular formula is C33H33ClN6O5. The van der Waals surface area contributed by atoms with Crippen molar-refractivity contribution in [3.8, 4) is 17.4 Å². The molecule has 4 aromatic rings. The van der Waals surface area contributed by atoms with Gasteiger partial charge in [-0.05, 0) is 73.9 Å². The second-order valence-electron chi connectivity index (χ2n) is 11.6. The van der Waals surface area contributed by atoms with E-state index in [9.17, 15) is 14.4 Å². The third-order valence-corrected chi connectivity index (χ3v) is 9.02. The van der Waals surface area contributed by atoms with Crippen molar-refractivity contribution in [1.82, 2.24) is 24.8 Å². The number of carboxylic acids is 1. The summed E-state index contributed by atoms with van der Waals surface area (Å²) in [5.41, 5.74) is 2.81. The van der Waals surface area contributed by atoms with Gasteiger partial charge in [0.2, 0.25) is 5.88 Å². The highest BCUT2D eigenvalue weighted by molar-refractivity contribution is 6.30. The van der Waals surface area contributed by atoms with Crippen LogP contribution in [0.4, 0.5) is 5.82 Å². The zero-order valence-corrected chi connectivity index (χ0v) is 25.7. The number of aliphatic carboxylic acids is 1. The zero-order valence-electron chi connectivity index (χ0n) is 25.0. The Labute approximate surface area is 264 Å². The Hall–Kier alpha value is -4.77. The van der Waals surface area contributed by atoms with Crippen LogP contribution >= 0.6 is 11.6 Å². The number of benzene rings is 1. The van der Waals surface area contributed by atoms with E-state index in [-0.39, 0.29) is 23.5 Å². The van der Waals surface area contributed by atoms with Crippen LogP contribution < -0.4 is 15.4 Å². The first-order valence-corrected chi connectivity index (χ1v) is 15.3. The lowest BCUT2D eigenvalue weighted by atomic mass is 9.75. The van der Waals surface area contributed by atoms with E-state index in [2.05, 4.69) is 25.6 Å². The number of fused-ring (bicyclic) bond motifs is 1. The molecule has 45 heavy (non-hydrogen) atoms. The number of carboxylic acid groups (broad SMARTS) is 1. The number of carbonyl (C=O) groups is 3. The molecule has 2 fully saturated rings. The third kappa shape index (κ3) is 5.87. The van der Waals surface area contributed by atoms with Crippen LogP contribution in [0.3, 0.4) is 0 Å². The molecule has 6 rings (SSSR count). The Bertz CT molecular complexity index is 1820. The normalized spacial score (nSPS) is 16.1. The van der Waals surface area contributed by atoms with Crippen LogP contribution in [0.25, 0.3) is 28.5 Å². The van der Waals surface area contributed by atoms with Crippen molar-refractivity contribution < 1.29 is 24.2 Å². The van der Waals surface area contributed by atoms with Crippen LogP contribution in [0.15, 0.2) is 48.8 Å². The van der Waals surface area contributed by atoms with E-state index < -0.39 is 11.5 Å². The summed E-state index contributed by atoms with van der Waals surface area (Å²) in [6.45, 7) is 0. The highest BCUT2D eigenvalue weighted by atomic mass is 35.5. The fourth-order valence-electron chi connectivity index (χ4n) is 6.38. The molecule has 0 spiro atoms. The van der Waals surface area contributed by atoms with Gasteiger partial charge in [0.05, 0.1) is 17.8 Å². The Kier molecular flexibility index (Phi) is 8.28. The van der Waals surface area contributed by atoms with Crippen molar-refractivity contribution in [1.29, 1.82) is 0 Å². The zero-order chi connectivity index (χ0) is 31.7. The lowest BCUT2D eigenvalue weighted by Gasteiger charge is -2.40. The molecule has 0 radical (unpaired) electrons. The van der Waals surface area contributed by atoms with E-state index in [1.807, 2.05) is 29.8 Å². The molecule has 2 saturated carbocycles. The minimum atomic E-state index is -1.10. The van der Waals surface area contributed by atoms with Gasteiger partial charge in [0, 0.05) is 47.5 Å². The van der Waals surface area contributed by atoms with Gasteiger partial charge in [-0.15, -0.1) is 0 Å². The molecule has 2 amide bonds. The predicted molar refractivity (Wildman–Crippen MR) is 170 cm³/mol. The summed E-state index contributed by atoms with van der Waals surface area (Å²) in [5, 5.41) is 16.2. The van der Waals surface area contributed by atoms with Crippen molar-refractivity contribution in [2.45, 2.75) is 56.4 Å². The van der Waals surface area contributed by atoms with Gasteiger partial charge in [-0.25, -0.2) is 14.8 Å². The number of ether oxygens (including phenoxy) is 1. The highest BCUT2D eigenvalue weighted by Crippen LogP contribution is 2.44. The number of hydrogen-bond acceptors (Lipinski definition) is 7. The van der Waals surface area contributed by atoms with Crippen molar-refractivity contribution in [3.05, 3.63) is 70.5 Å². The Balaban J connectivity index is 1.27. The Morgan fingerprint density at radius 3 is 2.47 bits per heavy atom. The first-order valence-electron chi connectivity index (χ1n) is 14.9. The van der Waals surface area contributed by atoms with Gasteiger partial charge < -0.3 is 25.0 Å². The van der Waals surface area contributed by atoms with Gasteiger partial charge in [0.15, 0.2) is 5.82 Å². The number of aromatic nitrogens is 4. The van der Waals surface area contributed by atoms with Gasteiger partial charge in [-0.1, -0.05) is 30.5 Å². The average Bonchev–Trinajstić information content (AvgIpc) is 3.64. The number of aryl methyl sites for hydroxylation is 1. The molecule has 232 valence electrons. The van der Waals surface area contributed by atoms with Crippen LogP contribution in [-0.2, 0) is 16.6 Å². The monoisotopic (exact) mass is 628 g/mol. The molecule has 0 bridgehead atoms. The molecule has 11 nitrogen and oxygen atoms in total. The maximum absolute atomic E-state index is 13.7. The number of nitrogens with one attached hydrogen (secondary N) is 2. The molecule has 3 heterocycles. The summed E-state index contributed by atoms with van der Waals surface area (Å²) < 4.78 is 7.32. The van der Waals surface area contributed by atoms with Crippen LogP contribution in [0, 0.1) is 0 Å². The largest absolute Gasteiger partial charge is 0.481 e. The molecule has 0 unspecified atom stereocenters. The summed E-state index contributed by atoms with van der Waals surface area (Å²) >= 11 is 6.08. The van der Waals surface area contributed by atoms with E-state index in [1.54, 1.807) is 24.5 Å². The number of carbonyl (C=O) groups excluding carboxylic acids is 2. The molecule has 3 aromatic heterocycles. The summed E-state index contributed by atoms with van der Waals surface area (Å²) in [6.07, 6.45) is 11.8. The number of halogens is 1. The molecule has 2 aliphatic rings. The van der Waals surface area contributed by atoms with E-state index >= 15 is 0 Å². The number of amides is 2. The minimum absolute atomic E-state index is 0.160. The average molecular weight is 629 g/mol. The maximum atomic E-state index is 13.7. The molecule has 1 aromatic carbocycles. The van der Waals surface area contributed by atoms with Crippen molar-refractivity contribution >= 4 is 52.2 Å². The van der Waals surface area contributed by atoms with Gasteiger partial charge in [-0.3, -0.25) is 9.59 Å². The second kappa shape index (κ2) is 12.3. The molecule has 2 aliphatic carbocycles. The highest BCUT2D eigenvalue weighted by Gasteiger charge is 2.46. The number of hydrogen-bond donors (Lipinski definition) is 3. The molecule has 0 saturated heterocycles. The Morgan fingerprint density at radius 1 is 1.09 bits per heavy atom. The summed E-state index contributed by atoms with van der Waals surface area (Å²) in [6, 6.07) is 8.82. The number of pyridine rings is 1. The lowest BCUT2D eigenvalue weighted by molar-refractivity contribution is -0.131. The number of methoxy groups -OCH3 is 1. The van der Waals surface area contributed by atoms with E-state index in [4.69, 9.17) is 21.4 Å². The Morgan fingerprint density at radius 2 is 1.82 bits per heavy atom. The topological polar surface area (TPSA) is 148 Å². The summed E-state index contributed by atoms with van der Waals surface area (Å²) in [4.78, 5) is 51.4. The van der Waals surface area contributed by atoms with Crippen molar-refractivity contribution in [3.63, 3.8) is 0 Å². The number of nitrogens with zero attached hydrogens (tertiary/aromatic N) is 4. The smallest absolute Gasteiger partial charge is 0.328 e. The van der Waals surface area contributed by atoms with Crippen LogP contribution in [0.1, 0.15) is 72.3 Å². The van der Waals surface area contributed by atoms with E-state index in [0.29, 0.717) is 40.7 Å². The van der Waals surface area contributed by atoms with Crippen LogP contribution in [0.2, 0.25) is 5.02 Å². The van der Waals surface area contributed by atoms with Gasteiger partial charge in [0.1, 0.15) is 11.4 Å². The van der Waals surface area contributed by atoms with Crippen molar-refractivity contribution in [2.24, 2.45) is 7.05 Å².